The number of hydrogen-bond acceptors (Lipinski definition) is 2. The zero-order valence-electron chi connectivity index (χ0n) is 12.6. The van der Waals surface area contributed by atoms with E-state index < -0.39 is 0 Å². The van der Waals surface area contributed by atoms with Crippen molar-refractivity contribution in [3.8, 4) is 0 Å². The topological polar surface area (TPSA) is 26.3 Å². The number of halogens is 1. The van der Waals surface area contributed by atoms with Gasteiger partial charge in [0.05, 0.1) is 6.61 Å². The van der Waals surface area contributed by atoms with E-state index in [0.29, 0.717) is 13.0 Å². The molecule has 0 amide bonds. The third-order valence-corrected chi connectivity index (χ3v) is 3.84. The van der Waals surface area contributed by atoms with Gasteiger partial charge in [-0.1, -0.05) is 74.2 Å². The molecular formula is C16H31BrO2. The Morgan fingerprint density at radius 1 is 0.842 bits per heavy atom. The molecule has 0 rings (SSSR count). The van der Waals surface area contributed by atoms with Crippen molar-refractivity contribution in [2.45, 2.75) is 84.0 Å². The van der Waals surface area contributed by atoms with Crippen molar-refractivity contribution in [3.63, 3.8) is 0 Å². The summed E-state index contributed by atoms with van der Waals surface area (Å²) in [6.07, 6.45) is 14.2. The molecule has 114 valence electrons. The lowest BCUT2D eigenvalue weighted by Gasteiger charge is -2.04. The molecule has 0 aromatic carbocycles. The molecule has 0 aromatic heterocycles. The van der Waals surface area contributed by atoms with Crippen LogP contribution in [0, 0.1) is 0 Å². The monoisotopic (exact) mass is 334 g/mol. The van der Waals surface area contributed by atoms with Crippen LogP contribution >= 0.6 is 15.9 Å². The lowest BCUT2D eigenvalue weighted by Crippen LogP contribution is -2.05. The maximum absolute atomic E-state index is 11.3. The molecule has 0 aliphatic rings. The van der Waals surface area contributed by atoms with Crippen molar-refractivity contribution < 1.29 is 9.53 Å². The SMILES string of the molecule is CCCCOC(=O)CCCCCCCCCCCBr. The largest absolute Gasteiger partial charge is 0.466 e. The Kier molecular flexibility index (Phi) is 16.0. The highest BCUT2D eigenvalue weighted by molar-refractivity contribution is 9.09. The van der Waals surface area contributed by atoms with Gasteiger partial charge in [-0.05, 0) is 19.3 Å². The van der Waals surface area contributed by atoms with E-state index in [0.717, 1.165) is 24.6 Å². The molecule has 0 saturated carbocycles. The average Bonchev–Trinajstić information content (AvgIpc) is 2.41. The summed E-state index contributed by atoms with van der Waals surface area (Å²) < 4.78 is 5.12. The van der Waals surface area contributed by atoms with Crippen LogP contribution in [0.5, 0.6) is 0 Å². The smallest absolute Gasteiger partial charge is 0.305 e. The highest BCUT2D eigenvalue weighted by atomic mass is 79.9. The molecule has 0 radical (unpaired) electrons. The number of carbonyl (C=O) groups is 1. The molecule has 0 spiro atoms. The predicted molar refractivity (Wildman–Crippen MR) is 85.8 cm³/mol. The number of carbonyl (C=O) groups excluding carboxylic acids is 1. The third-order valence-electron chi connectivity index (χ3n) is 3.28. The molecule has 0 aliphatic heterocycles. The Morgan fingerprint density at radius 2 is 1.37 bits per heavy atom. The zero-order chi connectivity index (χ0) is 14.2. The quantitative estimate of drug-likeness (QED) is 0.234. The summed E-state index contributed by atoms with van der Waals surface area (Å²) in [7, 11) is 0. The molecule has 0 fully saturated rings. The minimum absolute atomic E-state index is 0.0109. The van der Waals surface area contributed by atoms with Gasteiger partial charge < -0.3 is 4.74 Å². The van der Waals surface area contributed by atoms with Gasteiger partial charge >= 0.3 is 5.97 Å². The van der Waals surface area contributed by atoms with Crippen LogP contribution < -0.4 is 0 Å². The molecule has 0 aromatic rings. The lowest BCUT2D eigenvalue weighted by molar-refractivity contribution is -0.143. The summed E-state index contributed by atoms with van der Waals surface area (Å²) in [5.41, 5.74) is 0. The average molecular weight is 335 g/mol. The molecule has 0 aliphatic carbocycles. The van der Waals surface area contributed by atoms with E-state index in [2.05, 4.69) is 22.9 Å². The Labute approximate surface area is 127 Å². The van der Waals surface area contributed by atoms with E-state index in [1.807, 2.05) is 0 Å². The van der Waals surface area contributed by atoms with E-state index in [-0.39, 0.29) is 5.97 Å². The highest BCUT2D eigenvalue weighted by Crippen LogP contribution is 2.11. The third kappa shape index (κ3) is 15.9. The molecule has 19 heavy (non-hydrogen) atoms. The Hall–Kier alpha value is -0.0500. The number of esters is 1. The number of hydrogen-bond donors (Lipinski definition) is 0. The summed E-state index contributed by atoms with van der Waals surface area (Å²) in [4.78, 5) is 11.3. The van der Waals surface area contributed by atoms with Gasteiger partial charge in [0.15, 0.2) is 0 Å². The van der Waals surface area contributed by atoms with Crippen molar-refractivity contribution >= 4 is 21.9 Å². The first-order chi connectivity index (χ1) is 9.31. The van der Waals surface area contributed by atoms with Crippen LogP contribution in [0.25, 0.3) is 0 Å². The minimum Gasteiger partial charge on any atom is -0.466 e. The van der Waals surface area contributed by atoms with Crippen LogP contribution in [0.3, 0.4) is 0 Å². The number of rotatable bonds is 14. The van der Waals surface area contributed by atoms with Crippen LogP contribution in [0.2, 0.25) is 0 Å². The standard InChI is InChI=1S/C16H31BrO2/c1-2-3-15-19-16(18)13-11-9-7-5-4-6-8-10-12-14-17/h2-15H2,1H3. The number of alkyl halides is 1. The normalized spacial score (nSPS) is 10.6. The first kappa shape index (κ1) is 18.9. The van der Waals surface area contributed by atoms with Crippen molar-refractivity contribution in [3.05, 3.63) is 0 Å². The van der Waals surface area contributed by atoms with Gasteiger partial charge in [-0.15, -0.1) is 0 Å². The maximum Gasteiger partial charge on any atom is 0.305 e. The molecular weight excluding hydrogens is 304 g/mol. The lowest BCUT2D eigenvalue weighted by atomic mass is 10.1. The number of ether oxygens (including phenoxy) is 1. The summed E-state index contributed by atoms with van der Waals surface area (Å²) in [5.74, 6) is -0.0109. The van der Waals surface area contributed by atoms with Crippen LogP contribution in [0.15, 0.2) is 0 Å². The Balaban J connectivity index is 3.07. The molecule has 0 N–H and O–H groups in total. The van der Waals surface area contributed by atoms with Gasteiger partial charge in [0.25, 0.3) is 0 Å². The molecule has 0 bridgehead atoms. The van der Waals surface area contributed by atoms with Crippen LogP contribution in [0.1, 0.15) is 84.0 Å². The summed E-state index contributed by atoms with van der Waals surface area (Å²) >= 11 is 3.45. The molecule has 0 atom stereocenters. The van der Waals surface area contributed by atoms with E-state index >= 15 is 0 Å². The molecule has 0 unspecified atom stereocenters. The second-order valence-corrected chi connectivity index (χ2v) is 5.99. The molecule has 2 nitrogen and oxygen atoms in total. The fourth-order valence-electron chi connectivity index (χ4n) is 2.00. The maximum atomic E-state index is 11.3. The van der Waals surface area contributed by atoms with Gasteiger partial charge in [0, 0.05) is 11.8 Å². The van der Waals surface area contributed by atoms with Crippen LogP contribution in [-0.4, -0.2) is 17.9 Å². The van der Waals surface area contributed by atoms with E-state index in [1.165, 1.54) is 51.4 Å². The highest BCUT2D eigenvalue weighted by Gasteiger charge is 2.01. The van der Waals surface area contributed by atoms with Gasteiger partial charge in [0.2, 0.25) is 0 Å². The molecule has 3 heteroatoms. The van der Waals surface area contributed by atoms with Gasteiger partial charge in [-0.25, -0.2) is 0 Å². The molecule has 0 saturated heterocycles. The van der Waals surface area contributed by atoms with Gasteiger partial charge in [-0.2, -0.15) is 0 Å². The van der Waals surface area contributed by atoms with E-state index in [9.17, 15) is 4.79 Å². The Morgan fingerprint density at radius 3 is 1.89 bits per heavy atom. The predicted octanol–water partition coefficient (Wildman–Crippen LogP) is 5.63. The van der Waals surface area contributed by atoms with Gasteiger partial charge in [-0.3, -0.25) is 4.79 Å². The van der Waals surface area contributed by atoms with E-state index in [4.69, 9.17) is 4.74 Å². The number of unbranched alkanes of at least 4 members (excludes halogenated alkanes) is 9. The summed E-state index contributed by atoms with van der Waals surface area (Å²) in [5, 5.41) is 1.14. The van der Waals surface area contributed by atoms with E-state index in [1.54, 1.807) is 0 Å². The van der Waals surface area contributed by atoms with Gasteiger partial charge in [0.1, 0.15) is 0 Å². The summed E-state index contributed by atoms with van der Waals surface area (Å²) in [6, 6.07) is 0. The Bertz CT molecular complexity index is 195. The first-order valence-electron chi connectivity index (χ1n) is 8.02. The minimum atomic E-state index is -0.0109. The van der Waals surface area contributed by atoms with Crippen molar-refractivity contribution in [1.82, 2.24) is 0 Å². The second kappa shape index (κ2) is 16.0. The van der Waals surface area contributed by atoms with Crippen molar-refractivity contribution in [2.24, 2.45) is 0 Å². The fraction of sp³-hybridized carbons (Fsp3) is 0.938. The fourth-order valence-corrected chi connectivity index (χ4v) is 2.40. The van der Waals surface area contributed by atoms with Crippen LogP contribution in [0.4, 0.5) is 0 Å². The van der Waals surface area contributed by atoms with Crippen LogP contribution in [-0.2, 0) is 9.53 Å². The first-order valence-corrected chi connectivity index (χ1v) is 9.15. The molecule has 0 heterocycles. The zero-order valence-corrected chi connectivity index (χ0v) is 14.2. The second-order valence-electron chi connectivity index (χ2n) is 5.19. The van der Waals surface area contributed by atoms with Crippen molar-refractivity contribution in [1.29, 1.82) is 0 Å². The van der Waals surface area contributed by atoms with Crippen molar-refractivity contribution in [2.75, 3.05) is 11.9 Å². The summed E-state index contributed by atoms with van der Waals surface area (Å²) in [6.45, 7) is 2.71.